The molecule has 1 aromatic heterocycles. The van der Waals surface area contributed by atoms with Gasteiger partial charge >= 0.3 is 5.97 Å². The summed E-state index contributed by atoms with van der Waals surface area (Å²) < 4.78 is 15.5. The van der Waals surface area contributed by atoms with Crippen molar-refractivity contribution in [2.45, 2.75) is 12.8 Å². The number of anilines is 1. The number of carbonyl (C=O) groups is 1. The third kappa shape index (κ3) is 2.91. The van der Waals surface area contributed by atoms with Crippen LogP contribution in [-0.4, -0.2) is 50.4 Å². The van der Waals surface area contributed by atoms with Crippen LogP contribution in [-0.2, 0) is 9.53 Å². The molecule has 1 atom stereocenters. The Bertz CT molecular complexity index is 672. The molecule has 2 heterocycles. The van der Waals surface area contributed by atoms with Crippen molar-refractivity contribution in [2.75, 3.05) is 39.3 Å². The van der Waals surface area contributed by atoms with Gasteiger partial charge in [-0.05, 0) is 12.8 Å². The zero-order chi connectivity index (χ0) is 16.4. The van der Waals surface area contributed by atoms with E-state index < -0.39 is 0 Å². The first-order valence-electron chi connectivity index (χ1n) is 7.60. The lowest BCUT2D eigenvalue weighted by molar-refractivity contribution is -0.145. The minimum absolute atomic E-state index is 0.106. The van der Waals surface area contributed by atoms with Crippen LogP contribution in [0.2, 0.25) is 0 Å². The Morgan fingerprint density at radius 3 is 2.70 bits per heavy atom. The lowest BCUT2D eigenvalue weighted by Gasteiger charge is -2.30. The molecule has 23 heavy (non-hydrogen) atoms. The summed E-state index contributed by atoms with van der Waals surface area (Å²) in [6.45, 7) is 1.47. The first-order chi connectivity index (χ1) is 11.2. The van der Waals surface area contributed by atoms with Gasteiger partial charge < -0.3 is 24.1 Å². The lowest BCUT2D eigenvalue weighted by Crippen LogP contribution is -2.39. The molecule has 124 valence electrons. The molecular weight excluding hydrogens is 298 g/mol. The number of aromatic amines is 1. The molecule has 0 radical (unpaired) electrons. The number of aromatic nitrogens is 2. The van der Waals surface area contributed by atoms with Gasteiger partial charge in [0, 0.05) is 25.2 Å². The van der Waals surface area contributed by atoms with Gasteiger partial charge in [0.25, 0.3) is 0 Å². The summed E-state index contributed by atoms with van der Waals surface area (Å²) in [4.78, 5) is 21.8. The first kappa shape index (κ1) is 15.5. The molecule has 1 saturated heterocycles. The summed E-state index contributed by atoms with van der Waals surface area (Å²) in [7, 11) is 4.64. The van der Waals surface area contributed by atoms with Crippen LogP contribution in [0, 0.1) is 5.92 Å². The van der Waals surface area contributed by atoms with E-state index in [1.807, 2.05) is 12.1 Å². The SMILES string of the molecule is COC(=O)C1CCCN(c2nc3cc(OC)c(OC)cc3[nH]2)C1. The van der Waals surface area contributed by atoms with Crippen LogP contribution in [0.25, 0.3) is 11.0 Å². The van der Waals surface area contributed by atoms with Crippen molar-refractivity contribution in [1.29, 1.82) is 0 Å². The smallest absolute Gasteiger partial charge is 0.310 e. The summed E-state index contributed by atoms with van der Waals surface area (Å²) in [5, 5.41) is 0. The van der Waals surface area contributed by atoms with E-state index in [1.165, 1.54) is 7.11 Å². The van der Waals surface area contributed by atoms with E-state index in [9.17, 15) is 4.79 Å². The van der Waals surface area contributed by atoms with Gasteiger partial charge in [0.1, 0.15) is 0 Å². The van der Waals surface area contributed by atoms with Crippen LogP contribution in [0.1, 0.15) is 12.8 Å². The molecular formula is C16H21N3O4. The zero-order valence-electron chi connectivity index (χ0n) is 13.6. The number of esters is 1. The third-order valence-electron chi connectivity index (χ3n) is 4.23. The highest BCUT2D eigenvalue weighted by Gasteiger charge is 2.28. The summed E-state index contributed by atoms with van der Waals surface area (Å²) in [5.74, 6) is 1.79. The molecule has 7 heteroatoms. The predicted octanol–water partition coefficient (Wildman–Crippen LogP) is 1.97. The molecule has 0 saturated carbocycles. The fourth-order valence-electron chi connectivity index (χ4n) is 3.00. The van der Waals surface area contributed by atoms with Gasteiger partial charge in [-0.1, -0.05) is 0 Å². The van der Waals surface area contributed by atoms with Crippen LogP contribution in [0.5, 0.6) is 11.5 Å². The number of H-pyrrole nitrogens is 1. The monoisotopic (exact) mass is 319 g/mol. The van der Waals surface area contributed by atoms with Crippen molar-refractivity contribution in [1.82, 2.24) is 9.97 Å². The molecule has 1 fully saturated rings. The van der Waals surface area contributed by atoms with Crippen LogP contribution < -0.4 is 14.4 Å². The van der Waals surface area contributed by atoms with Gasteiger partial charge in [-0.3, -0.25) is 4.79 Å². The molecule has 2 aromatic rings. The fourth-order valence-corrected chi connectivity index (χ4v) is 3.00. The van der Waals surface area contributed by atoms with Gasteiger partial charge in [-0.25, -0.2) is 4.98 Å². The second-order valence-corrected chi connectivity index (χ2v) is 5.59. The Morgan fingerprint density at radius 1 is 1.26 bits per heavy atom. The minimum atomic E-state index is -0.158. The Kier molecular flexibility index (Phi) is 4.27. The number of benzene rings is 1. The van der Waals surface area contributed by atoms with Crippen molar-refractivity contribution in [3.8, 4) is 11.5 Å². The fraction of sp³-hybridized carbons (Fsp3) is 0.500. The molecule has 1 aliphatic rings. The molecule has 0 bridgehead atoms. The maximum absolute atomic E-state index is 11.8. The second kappa shape index (κ2) is 6.36. The number of nitrogens with one attached hydrogen (secondary N) is 1. The van der Waals surface area contributed by atoms with Crippen molar-refractivity contribution in [2.24, 2.45) is 5.92 Å². The maximum atomic E-state index is 11.8. The van der Waals surface area contributed by atoms with Crippen LogP contribution in [0.15, 0.2) is 12.1 Å². The lowest BCUT2D eigenvalue weighted by atomic mass is 9.98. The molecule has 1 aromatic carbocycles. The van der Waals surface area contributed by atoms with Gasteiger partial charge in [0.05, 0.1) is 38.3 Å². The third-order valence-corrected chi connectivity index (χ3v) is 4.23. The largest absolute Gasteiger partial charge is 0.493 e. The van der Waals surface area contributed by atoms with Crippen molar-refractivity contribution in [3.05, 3.63) is 12.1 Å². The number of hydrogen-bond donors (Lipinski definition) is 1. The molecule has 3 rings (SSSR count). The van der Waals surface area contributed by atoms with Crippen LogP contribution >= 0.6 is 0 Å². The van der Waals surface area contributed by atoms with E-state index in [4.69, 9.17) is 14.2 Å². The van der Waals surface area contributed by atoms with Gasteiger partial charge in [0.2, 0.25) is 5.95 Å². The number of fused-ring (bicyclic) bond motifs is 1. The second-order valence-electron chi connectivity index (χ2n) is 5.59. The number of rotatable bonds is 4. The highest BCUT2D eigenvalue weighted by atomic mass is 16.5. The minimum Gasteiger partial charge on any atom is -0.493 e. The number of piperidine rings is 1. The average Bonchev–Trinajstić information content (AvgIpc) is 3.02. The van der Waals surface area contributed by atoms with E-state index in [0.29, 0.717) is 18.0 Å². The van der Waals surface area contributed by atoms with Crippen LogP contribution in [0.4, 0.5) is 5.95 Å². The summed E-state index contributed by atoms with van der Waals surface area (Å²) in [5.41, 5.74) is 1.68. The summed E-state index contributed by atoms with van der Waals surface area (Å²) in [6, 6.07) is 3.71. The molecule has 1 unspecified atom stereocenters. The van der Waals surface area contributed by atoms with Gasteiger partial charge in [-0.2, -0.15) is 0 Å². The molecule has 0 spiro atoms. The summed E-state index contributed by atoms with van der Waals surface area (Å²) >= 11 is 0. The Hall–Kier alpha value is -2.44. The molecule has 1 N–H and O–H groups in total. The molecule has 1 aliphatic heterocycles. The normalized spacial score (nSPS) is 18.0. The zero-order valence-corrected chi connectivity index (χ0v) is 13.6. The van der Waals surface area contributed by atoms with E-state index >= 15 is 0 Å². The number of carbonyl (C=O) groups excluding carboxylic acids is 1. The number of hydrogen-bond acceptors (Lipinski definition) is 6. The van der Waals surface area contributed by atoms with Crippen LogP contribution in [0.3, 0.4) is 0 Å². The maximum Gasteiger partial charge on any atom is 0.310 e. The number of imidazole rings is 1. The highest BCUT2D eigenvalue weighted by Crippen LogP contribution is 2.33. The number of ether oxygens (including phenoxy) is 3. The van der Waals surface area contributed by atoms with E-state index in [-0.39, 0.29) is 11.9 Å². The quantitative estimate of drug-likeness (QED) is 0.868. The van der Waals surface area contributed by atoms with Crippen molar-refractivity contribution >= 4 is 23.0 Å². The Labute approximate surface area is 134 Å². The van der Waals surface area contributed by atoms with Gasteiger partial charge in [0.15, 0.2) is 11.5 Å². The van der Waals surface area contributed by atoms with E-state index in [2.05, 4.69) is 14.9 Å². The van der Waals surface area contributed by atoms with Crippen molar-refractivity contribution in [3.63, 3.8) is 0 Å². The van der Waals surface area contributed by atoms with E-state index in [1.54, 1.807) is 14.2 Å². The highest BCUT2D eigenvalue weighted by molar-refractivity contribution is 5.82. The Morgan fingerprint density at radius 2 is 2.00 bits per heavy atom. The number of methoxy groups -OCH3 is 3. The van der Waals surface area contributed by atoms with E-state index in [0.717, 1.165) is 36.4 Å². The topological polar surface area (TPSA) is 76.7 Å². The standard InChI is InChI=1S/C16H21N3O4/c1-21-13-7-11-12(8-14(13)22-2)18-16(17-11)19-6-4-5-10(9-19)15(20)23-3/h7-8,10H,4-6,9H2,1-3H3,(H,17,18). The molecule has 0 amide bonds. The van der Waals surface area contributed by atoms with Crippen molar-refractivity contribution < 1.29 is 19.0 Å². The van der Waals surface area contributed by atoms with Gasteiger partial charge in [-0.15, -0.1) is 0 Å². The average molecular weight is 319 g/mol. The Balaban J connectivity index is 1.89. The molecule has 7 nitrogen and oxygen atoms in total. The predicted molar refractivity (Wildman–Crippen MR) is 86.2 cm³/mol. The number of nitrogens with zero attached hydrogens (tertiary/aromatic N) is 2. The first-order valence-corrected chi connectivity index (χ1v) is 7.60. The summed E-state index contributed by atoms with van der Waals surface area (Å²) in [6.07, 6.45) is 1.79. The molecule has 0 aliphatic carbocycles.